The van der Waals surface area contributed by atoms with Crippen LogP contribution in [0.3, 0.4) is 0 Å². The van der Waals surface area contributed by atoms with Gasteiger partial charge in [0.1, 0.15) is 5.75 Å². The van der Waals surface area contributed by atoms with Crippen LogP contribution >= 0.6 is 0 Å². The zero-order valence-corrected chi connectivity index (χ0v) is 22.6. The number of fused-ring (bicyclic) bond motifs is 1. The molecule has 3 fully saturated rings. The molecular weight excluding hydrogens is 412 g/mol. The summed E-state index contributed by atoms with van der Waals surface area (Å²) in [6, 6.07) is 9.15. The zero-order valence-electron chi connectivity index (χ0n) is 22.6. The van der Waals surface area contributed by atoms with E-state index in [0.717, 1.165) is 54.3 Å². The Labute approximate surface area is 211 Å². The van der Waals surface area contributed by atoms with Gasteiger partial charge in [-0.15, -0.1) is 0 Å². The summed E-state index contributed by atoms with van der Waals surface area (Å²) in [6.45, 7) is 5.40. The molecule has 1 nitrogen and oxygen atoms in total. The highest BCUT2D eigenvalue weighted by molar-refractivity contribution is 5.30. The van der Waals surface area contributed by atoms with Gasteiger partial charge >= 0.3 is 0 Å². The van der Waals surface area contributed by atoms with E-state index in [1.54, 1.807) is 31.2 Å². The van der Waals surface area contributed by atoms with Crippen molar-refractivity contribution in [2.75, 3.05) is 6.61 Å². The zero-order chi connectivity index (χ0) is 23.6. The molecule has 0 aromatic heterocycles. The average molecular weight is 467 g/mol. The molecule has 192 valence electrons. The topological polar surface area (TPSA) is 9.23 Å². The van der Waals surface area contributed by atoms with Crippen molar-refractivity contribution in [3.8, 4) is 5.75 Å². The molecule has 0 radical (unpaired) electrons. The van der Waals surface area contributed by atoms with E-state index in [4.69, 9.17) is 4.74 Å². The Morgan fingerprint density at radius 1 is 0.618 bits per heavy atom. The Balaban J connectivity index is 1.14. The van der Waals surface area contributed by atoms with E-state index in [1.165, 1.54) is 83.5 Å². The molecule has 4 atom stereocenters. The molecule has 0 bridgehead atoms. The van der Waals surface area contributed by atoms with E-state index in [-0.39, 0.29) is 0 Å². The highest BCUT2D eigenvalue weighted by Crippen LogP contribution is 2.49. The Kier molecular flexibility index (Phi) is 10.7. The maximum Gasteiger partial charge on any atom is 0.119 e. The predicted molar refractivity (Wildman–Crippen MR) is 147 cm³/mol. The molecule has 3 aliphatic rings. The number of hydrogen-bond donors (Lipinski definition) is 0. The third-order valence-electron chi connectivity index (χ3n) is 10.0. The molecule has 0 saturated heterocycles. The summed E-state index contributed by atoms with van der Waals surface area (Å²) in [7, 11) is 0. The van der Waals surface area contributed by atoms with Gasteiger partial charge in [0.05, 0.1) is 6.61 Å². The van der Waals surface area contributed by atoms with Gasteiger partial charge in [0, 0.05) is 0 Å². The molecule has 4 rings (SSSR count). The van der Waals surface area contributed by atoms with Crippen LogP contribution in [0.2, 0.25) is 0 Å². The lowest BCUT2D eigenvalue weighted by Crippen LogP contribution is -2.30. The van der Waals surface area contributed by atoms with Crippen LogP contribution in [0.15, 0.2) is 24.3 Å². The van der Waals surface area contributed by atoms with Crippen LogP contribution in [0.4, 0.5) is 0 Å². The van der Waals surface area contributed by atoms with Gasteiger partial charge in [0.25, 0.3) is 0 Å². The number of ether oxygens (including phenoxy) is 1. The minimum absolute atomic E-state index is 0.787. The molecule has 4 unspecified atom stereocenters. The van der Waals surface area contributed by atoms with Crippen molar-refractivity contribution in [3.05, 3.63) is 29.8 Å². The highest BCUT2D eigenvalue weighted by Gasteiger charge is 2.36. The second kappa shape index (κ2) is 13.9. The molecule has 3 aliphatic carbocycles. The van der Waals surface area contributed by atoms with Crippen LogP contribution in [-0.2, 0) is 0 Å². The molecule has 1 aromatic rings. The lowest BCUT2D eigenvalue weighted by molar-refractivity contribution is 0.108. The lowest BCUT2D eigenvalue weighted by Gasteiger charge is -2.43. The first-order valence-corrected chi connectivity index (χ1v) is 15.5. The maximum atomic E-state index is 5.88. The molecule has 1 heteroatoms. The third-order valence-corrected chi connectivity index (χ3v) is 10.0. The Hall–Kier alpha value is -0.980. The van der Waals surface area contributed by atoms with Crippen LogP contribution in [0.1, 0.15) is 141 Å². The first kappa shape index (κ1) is 26.1. The maximum absolute atomic E-state index is 5.88. The van der Waals surface area contributed by atoms with Gasteiger partial charge in [-0.25, -0.2) is 0 Å². The van der Waals surface area contributed by atoms with E-state index < -0.39 is 0 Å². The molecular formula is C33H54O. The highest BCUT2D eigenvalue weighted by atomic mass is 16.5. The van der Waals surface area contributed by atoms with Crippen molar-refractivity contribution in [1.29, 1.82) is 0 Å². The molecule has 0 aliphatic heterocycles. The number of unbranched alkanes of at least 4 members (excludes halogenated alkanes) is 3. The van der Waals surface area contributed by atoms with Gasteiger partial charge in [-0.1, -0.05) is 103 Å². The number of hydrogen-bond acceptors (Lipinski definition) is 1. The summed E-state index contributed by atoms with van der Waals surface area (Å²) in [5.74, 6) is 7.03. The molecule has 0 spiro atoms. The predicted octanol–water partition coefficient (Wildman–Crippen LogP) is 10.3. The molecule has 3 saturated carbocycles. The Morgan fingerprint density at radius 2 is 1.24 bits per heavy atom. The Bertz CT molecular complexity index is 670. The second-order valence-corrected chi connectivity index (χ2v) is 12.4. The second-order valence-electron chi connectivity index (χ2n) is 12.4. The lowest BCUT2D eigenvalue weighted by atomic mass is 9.63. The molecule has 1 aromatic carbocycles. The van der Waals surface area contributed by atoms with Gasteiger partial charge in [0.15, 0.2) is 0 Å². The van der Waals surface area contributed by atoms with E-state index >= 15 is 0 Å². The minimum Gasteiger partial charge on any atom is -0.494 e. The standard InChI is InChI=1S/C33H54O/c1-3-5-7-8-26-9-11-27(12-10-26)13-14-28-15-16-32-25-31(18-17-30(32)24-28)29-19-21-33(22-20-29)34-23-6-4-2/h19-22,26-28,30-32H,3-18,23-25H2,1-2H3. The molecule has 0 amide bonds. The smallest absolute Gasteiger partial charge is 0.119 e. The van der Waals surface area contributed by atoms with Crippen LogP contribution in [-0.4, -0.2) is 6.61 Å². The van der Waals surface area contributed by atoms with Crippen molar-refractivity contribution >= 4 is 0 Å². The SMILES string of the molecule is CCCCCC1CCC(CCC2CCC3CC(c4ccc(OCCCC)cc4)CCC3C2)CC1. The Morgan fingerprint density at radius 3 is 1.97 bits per heavy atom. The summed E-state index contributed by atoms with van der Waals surface area (Å²) >= 11 is 0. The van der Waals surface area contributed by atoms with Gasteiger partial charge in [-0.2, -0.15) is 0 Å². The monoisotopic (exact) mass is 466 g/mol. The van der Waals surface area contributed by atoms with Gasteiger partial charge < -0.3 is 4.74 Å². The third kappa shape index (κ3) is 7.76. The van der Waals surface area contributed by atoms with Crippen molar-refractivity contribution in [2.45, 2.75) is 135 Å². The van der Waals surface area contributed by atoms with Crippen molar-refractivity contribution in [2.24, 2.45) is 29.6 Å². The average Bonchev–Trinajstić information content (AvgIpc) is 2.88. The fourth-order valence-corrected chi connectivity index (χ4v) is 7.69. The first-order valence-electron chi connectivity index (χ1n) is 15.5. The van der Waals surface area contributed by atoms with Crippen LogP contribution in [0, 0.1) is 29.6 Å². The van der Waals surface area contributed by atoms with Gasteiger partial charge in [-0.3, -0.25) is 0 Å². The van der Waals surface area contributed by atoms with Crippen molar-refractivity contribution in [3.63, 3.8) is 0 Å². The van der Waals surface area contributed by atoms with E-state index in [2.05, 4.69) is 38.1 Å². The number of benzene rings is 1. The fraction of sp³-hybridized carbons (Fsp3) is 0.818. The quantitative estimate of drug-likeness (QED) is 0.278. The van der Waals surface area contributed by atoms with Crippen molar-refractivity contribution in [1.82, 2.24) is 0 Å². The summed E-state index contributed by atoms with van der Waals surface area (Å²) in [5, 5.41) is 0. The minimum atomic E-state index is 0.787. The van der Waals surface area contributed by atoms with E-state index in [1.807, 2.05) is 0 Å². The normalized spacial score (nSPS) is 31.7. The molecule has 0 heterocycles. The summed E-state index contributed by atoms with van der Waals surface area (Å²) in [6.07, 6.45) is 26.3. The molecule has 34 heavy (non-hydrogen) atoms. The number of rotatable bonds is 12. The van der Waals surface area contributed by atoms with Crippen LogP contribution < -0.4 is 4.74 Å². The van der Waals surface area contributed by atoms with Gasteiger partial charge in [0.2, 0.25) is 0 Å². The van der Waals surface area contributed by atoms with Gasteiger partial charge in [-0.05, 0) is 91.7 Å². The summed E-state index contributed by atoms with van der Waals surface area (Å²) < 4.78 is 5.88. The first-order chi connectivity index (χ1) is 16.7. The fourth-order valence-electron chi connectivity index (χ4n) is 7.69. The van der Waals surface area contributed by atoms with Crippen molar-refractivity contribution < 1.29 is 4.74 Å². The summed E-state index contributed by atoms with van der Waals surface area (Å²) in [4.78, 5) is 0. The van der Waals surface area contributed by atoms with Crippen LogP contribution in [0.5, 0.6) is 5.75 Å². The largest absolute Gasteiger partial charge is 0.494 e. The molecule has 0 N–H and O–H groups in total. The van der Waals surface area contributed by atoms with Crippen LogP contribution in [0.25, 0.3) is 0 Å². The summed E-state index contributed by atoms with van der Waals surface area (Å²) in [5.41, 5.74) is 1.56. The van der Waals surface area contributed by atoms with E-state index in [9.17, 15) is 0 Å². The van der Waals surface area contributed by atoms with E-state index in [0.29, 0.717) is 0 Å².